The lowest BCUT2D eigenvalue weighted by molar-refractivity contribution is -0.151. The van der Waals surface area contributed by atoms with E-state index in [4.69, 9.17) is 0 Å². The van der Waals surface area contributed by atoms with E-state index in [1.54, 1.807) is 0 Å². The van der Waals surface area contributed by atoms with Crippen LogP contribution in [-0.4, -0.2) is 23.5 Å². The molecule has 0 aromatic heterocycles. The Labute approximate surface area is 109 Å². The molecular weight excluding hydrogens is 230 g/mol. The molecule has 1 fully saturated rings. The van der Waals surface area contributed by atoms with E-state index >= 15 is 0 Å². The molecule has 4 nitrogen and oxygen atoms in total. The Bertz CT molecular complexity index is 311. The van der Waals surface area contributed by atoms with Gasteiger partial charge in [0.25, 0.3) is 0 Å². The molecular formula is C14H25NO3. The second-order valence-corrected chi connectivity index (χ2v) is 6.63. The van der Waals surface area contributed by atoms with Crippen molar-refractivity contribution >= 4 is 11.9 Å². The van der Waals surface area contributed by atoms with Gasteiger partial charge in [-0.15, -0.1) is 0 Å². The van der Waals surface area contributed by atoms with Crippen LogP contribution in [0.15, 0.2) is 0 Å². The summed E-state index contributed by atoms with van der Waals surface area (Å²) in [4.78, 5) is 23.1. The molecule has 0 unspecified atom stereocenters. The number of carboxylic acids is 1. The predicted octanol–water partition coefficient (Wildman–Crippen LogP) is 2.57. The quantitative estimate of drug-likeness (QED) is 0.793. The molecule has 0 spiro atoms. The molecule has 1 amide bonds. The van der Waals surface area contributed by atoms with Crippen molar-refractivity contribution in [2.24, 2.45) is 10.8 Å². The van der Waals surface area contributed by atoms with Crippen LogP contribution in [-0.2, 0) is 9.59 Å². The van der Waals surface area contributed by atoms with E-state index in [1.165, 1.54) is 0 Å². The molecule has 0 aromatic carbocycles. The Hall–Kier alpha value is -1.06. The van der Waals surface area contributed by atoms with Gasteiger partial charge in [-0.25, -0.2) is 0 Å². The van der Waals surface area contributed by atoms with E-state index < -0.39 is 11.4 Å². The van der Waals surface area contributed by atoms with Crippen LogP contribution in [0.4, 0.5) is 0 Å². The number of hydrogen-bond acceptors (Lipinski definition) is 2. The van der Waals surface area contributed by atoms with Crippen LogP contribution in [0.25, 0.3) is 0 Å². The lowest BCUT2D eigenvalue weighted by Crippen LogP contribution is -2.36. The highest BCUT2D eigenvalue weighted by molar-refractivity contribution is 5.85. The van der Waals surface area contributed by atoms with Crippen molar-refractivity contribution in [3.8, 4) is 0 Å². The van der Waals surface area contributed by atoms with Crippen molar-refractivity contribution in [1.29, 1.82) is 0 Å². The van der Waals surface area contributed by atoms with E-state index in [2.05, 4.69) is 26.1 Å². The second kappa shape index (κ2) is 5.72. The van der Waals surface area contributed by atoms with Crippen molar-refractivity contribution < 1.29 is 14.7 Å². The second-order valence-electron chi connectivity index (χ2n) is 6.63. The molecule has 0 heterocycles. The largest absolute Gasteiger partial charge is 0.481 e. The summed E-state index contributed by atoms with van der Waals surface area (Å²) in [5.41, 5.74) is -0.614. The van der Waals surface area contributed by atoms with E-state index in [0.29, 0.717) is 19.4 Å². The smallest absolute Gasteiger partial charge is 0.310 e. The molecule has 0 bridgehead atoms. The number of nitrogens with one attached hydrogen (secondary N) is 1. The summed E-state index contributed by atoms with van der Waals surface area (Å²) >= 11 is 0. The molecule has 4 heteroatoms. The summed E-state index contributed by atoms with van der Waals surface area (Å²) in [7, 11) is 0. The molecule has 0 atom stereocenters. The maximum atomic E-state index is 11.8. The number of hydrogen-bond donors (Lipinski definition) is 2. The Morgan fingerprint density at radius 3 is 2.22 bits per heavy atom. The van der Waals surface area contributed by atoms with Crippen LogP contribution < -0.4 is 5.32 Å². The van der Waals surface area contributed by atoms with Gasteiger partial charge >= 0.3 is 5.97 Å². The van der Waals surface area contributed by atoms with Crippen LogP contribution in [0.3, 0.4) is 0 Å². The third-order valence-electron chi connectivity index (χ3n) is 3.71. The van der Waals surface area contributed by atoms with Crippen LogP contribution in [0.1, 0.15) is 59.3 Å². The molecule has 1 rings (SSSR count). The highest BCUT2D eigenvalue weighted by Crippen LogP contribution is 2.41. The number of carboxylic acid groups (broad SMARTS) is 1. The molecule has 0 radical (unpaired) electrons. The summed E-state index contributed by atoms with van der Waals surface area (Å²) < 4.78 is 0. The van der Waals surface area contributed by atoms with Gasteiger partial charge < -0.3 is 10.4 Å². The zero-order valence-corrected chi connectivity index (χ0v) is 11.7. The summed E-state index contributed by atoms with van der Waals surface area (Å²) in [6.45, 7) is 6.98. The molecule has 0 saturated heterocycles. The lowest BCUT2D eigenvalue weighted by Gasteiger charge is -2.23. The van der Waals surface area contributed by atoms with Gasteiger partial charge in [0.2, 0.25) is 5.91 Å². The lowest BCUT2D eigenvalue weighted by atomic mass is 9.82. The van der Waals surface area contributed by atoms with E-state index in [9.17, 15) is 14.7 Å². The molecule has 18 heavy (non-hydrogen) atoms. The van der Waals surface area contributed by atoms with Gasteiger partial charge in [-0.2, -0.15) is 0 Å². The van der Waals surface area contributed by atoms with Gasteiger partial charge in [0, 0.05) is 13.0 Å². The summed E-state index contributed by atoms with van der Waals surface area (Å²) in [6.07, 6.45) is 4.14. The Kier molecular flexibility index (Phi) is 4.77. The maximum absolute atomic E-state index is 11.8. The van der Waals surface area contributed by atoms with E-state index in [1.807, 2.05) is 0 Å². The number of amides is 1. The SMILES string of the molecule is CC(C)(C)CCNC(=O)CC1(C(=O)O)CCCC1. The Balaban J connectivity index is 2.41. The van der Waals surface area contributed by atoms with Gasteiger partial charge in [-0.05, 0) is 24.7 Å². The standard InChI is InChI=1S/C14H25NO3/c1-13(2,3)8-9-15-11(16)10-14(12(17)18)6-4-5-7-14/h4-10H2,1-3H3,(H,15,16)(H,17,18). The van der Waals surface area contributed by atoms with Crippen LogP contribution >= 0.6 is 0 Å². The van der Waals surface area contributed by atoms with Gasteiger partial charge in [-0.1, -0.05) is 33.6 Å². The predicted molar refractivity (Wildman–Crippen MR) is 70.2 cm³/mol. The van der Waals surface area contributed by atoms with Crippen molar-refractivity contribution in [3.63, 3.8) is 0 Å². The van der Waals surface area contributed by atoms with Crippen molar-refractivity contribution in [2.75, 3.05) is 6.54 Å². The zero-order valence-electron chi connectivity index (χ0n) is 11.7. The number of aliphatic carboxylic acids is 1. The van der Waals surface area contributed by atoms with E-state index in [0.717, 1.165) is 19.3 Å². The first-order valence-electron chi connectivity index (χ1n) is 6.75. The zero-order chi connectivity index (χ0) is 13.8. The van der Waals surface area contributed by atoms with Gasteiger partial charge in [0.15, 0.2) is 0 Å². The summed E-state index contributed by atoms with van der Waals surface area (Å²) in [5.74, 6) is -0.936. The fourth-order valence-electron chi connectivity index (χ4n) is 2.46. The Morgan fingerprint density at radius 2 is 1.78 bits per heavy atom. The fraction of sp³-hybridized carbons (Fsp3) is 0.857. The van der Waals surface area contributed by atoms with Gasteiger partial charge in [-0.3, -0.25) is 9.59 Å². The third kappa shape index (κ3) is 4.31. The van der Waals surface area contributed by atoms with Crippen molar-refractivity contribution in [1.82, 2.24) is 5.32 Å². The molecule has 0 aliphatic heterocycles. The normalized spacial score (nSPS) is 18.6. The monoisotopic (exact) mass is 255 g/mol. The number of carbonyl (C=O) groups excluding carboxylic acids is 1. The van der Waals surface area contributed by atoms with Gasteiger partial charge in [0.05, 0.1) is 5.41 Å². The fourth-order valence-corrected chi connectivity index (χ4v) is 2.46. The highest BCUT2D eigenvalue weighted by atomic mass is 16.4. The van der Waals surface area contributed by atoms with Crippen LogP contribution in [0, 0.1) is 10.8 Å². The maximum Gasteiger partial charge on any atom is 0.310 e. The summed E-state index contributed by atoms with van der Waals surface area (Å²) in [6, 6.07) is 0. The van der Waals surface area contributed by atoms with Crippen LogP contribution in [0.2, 0.25) is 0 Å². The molecule has 0 aromatic rings. The molecule has 1 aliphatic carbocycles. The average molecular weight is 255 g/mol. The minimum Gasteiger partial charge on any atom is -0.481 e. The average Bonchev–Trinajstić information content (AvgIpc) is 2.65. The van der Waals surface area contributed by atoms with Gasteiger partial charge in [0.1, 0.15) is 0 Å². The first-order chi connectivity index (χ1) is 8.25. The van der Waals surface area contributed by atoms with E-state index in [-0.39, 0.29) is 17.7 Å². The molecule has 1 aliphatic rings. The number of rotatable bonds is 5. The van der Waals surface area contributed by atoms with Crippen LogP contribution in [0.5, 0.6) is 0 Å². The Morgan fingerprint density at radius 1 is 1.22 bits per heavy atom. The minimum atomic E-state index is -0.814. The third-order valence-corrected chi connectivity index (χ3v) is 3.71. The van der Waals surface area contributed by atoms with Crippen molar-refractivity contribution in [3.05, 3.63) is 0 Å². The van der Waals surface area contributed by atoms with Crippen molar-refractivity contribution in [2.45, 2.75) is 59.3 Å². The summed E-state index contributed by atoms with van der Waals surface area (Å²) in [5, 5.41) is 12.1. The molecule has 104 valence electrons. The molecule has 2 N–H and O–H groups in total. The number of carbonyl (C=O) groups is 2. The molecule has 1 saturated carbocycles. The first kappa shape index (κ1) is 15.0. The minimum absolute atomic E-state index is 0.122. The highest BCUT2D eigenvalue weighted by Gasteiger charge is 2.42. The first-order valence-corrected chi connectivity index (χ1v) is 6.75. The topological polar surface area (TPSA) is 66.4 Å².